The Hall–Kier alpha value is -3.14. The third-order valence-corrected chi connectivity index (χ3v) is 3.51. The normalized spacial score (nSPS) is 12.8. The molecule has 0 aliphatic rings. The molecule has 0 saturated heterocycles. The average Bonchev–Trinajstić information content (AvgIpc) is 3.10. The van der Waals surface area contributed by atoms with Gasteiger partial charge in [0.25, 0.3) is 5.56 Å². The molecule has 2 aromatic heterocycles. The van der Waals surface area contributed by atoms with Crippen molar-refractivity contribution in [2.24, 2.45) is 0 Å². The summed E-state index contributed by atoms with van der Waals surface area (Å²) < 4.78 is 39.5. The molecule has 0 aliphatic heterocycles. The number of halogens is 3. The first-order chi connectivity index (χ1) is 12.3. The van der Waals surface area contributed by atoms with Crippen LogP contribution in [0.15, 0.2) is 53.7 Å². The molecule has 3 rings (SSSR count). The predicted octanol–water partition coefficient (Wildman–Crippen LogP) is 1.95. The molecule has 1 atom stereocenters. The summed E-state index contributed by atoms with van der Waals surface area (Å²) in [5, 5.41) is 16.5. The number of rotatable bonds is 5. The van der Waals surface area contributed by atoms with Crippen LogP contribution in [-0.4, -0.2) is 31.1 Å². The Balaban J connectivity index is 1.71. The zero-order chi connectivity index (χ0) is 18.7. The molecule has 0 saturated carbocycles. The van der Waals surface area contributed by atoms with Gasteiger partial charge < -0.3 is 10.4 Å². The zero-order valence-corrected chi connectivity index (χ0v) is 13.2. The number of hydrogen-bond acceptors (Lipinski definition) is 5. The predicted molar refractivity (Wildman–Crippen MR) is 86.8 cm³/mol. The minimum Gasteiger partial charge on any atom is -0.373 e. The Morgan fingerprint density at radius 1 is 1.31 bits per heavy atom. The number of aliphatic hydroxyl groups is 1. The molecule has 3 N–H and O–H groups in total. The second kappa shape index (κ2) is 7.00. The molecule has 0 spiro atoms. The minimum atomic E-state index is -4.46. The Bertz CT molecular complexity index is 938. The van der Waals surface area contributed by atoms with E-state index in [9.17, 15) is 23.1 Å². The minimum absolute atomic E-state index is 0.0135. The van der Waals surface area contributed by atoms with Gasteiger partial charge in [0.15, 0.2) is 0 Å². The van der Waals surface area contributed by atoms with E-state index in [0.29, 0.717) is 0 Å². The molecular formula is C16H14F3N5O2. The van der Waals surface area contributed by atoms with Crippen molar-refractivity contribution in [1.29, 1.82) is 0 Å². The van der Waals surface area contributed by atoms with Crippen molar-refractivity contribution >= 4 is 5.69 Å². The molecule has 10 heteroatoms. The summed E-state index contributed by atoms with van der Waals surface area (Å²) >= 11 is 0. The Kier molecular flexibility index (Phi) is 4.76. The van der Waals surface area contributed by atoms with Crippen LogP contribution in [0.2, 0.25) is 0 Å². The number of hydrogen-bond donors (Lipinski definition) is 3. The largest absolute Gasteiger partial charge is 0.416 e. The lowest BCUT2D eigenvalue weighted by Gasteiger charge is -2.15. The molecule has 1 aromatic carbocycles. The molecule has 2 heterocycles. The smallest absolute Gasteiger partial charge is 0.373 e. The van der Waals surface area contributed by atoms with E-state index < -0.39 is 23.5 Å². The Morgan fingerprint density at radius 3 is 2.77 bits per heavy atom. The van der Waals surface area contributed by atoms with Crippen molar-refractivity contribution in [3.8, 4) is 5.95 Å². The SMILES string of the molecule is O=c1[nH]c(-n2cccn2)ncc1NC(O)Cc1cccc(C(F)(F)F)c1. The lowest BCUT2D eigenvalue weighted by Crippen LogP contribution is -2.27. The Morgan fingerprint density at radius 2 is 2.12 bits per heavy atom. The van der Waals surface area contributed by atoms with Gasteiger partial charge in [0.05, 0.1) is 11.8 Å². The topological polar surface area (TPSA) is 95.8 Å². The first-order valence-corrected chi connectivity index (χ1v) is 7.53. The van der Waals surface area contributed by atoms with Crippen molar-refractivity contribution in [2.45, 2.75) is 18.8 Å². The Labute approximate surface area is 145 Å². The number of nitrogens with zero attached hydrogens (tertiary/aromatic N) is 3. The fourth-order valence-electron chi connectivity index (χ4n) is 2.33. The van der Waals surface area contributed by atoms with Crippen LogP contribution in [0, 0.1) is 0 Å². The van der Waals surface area contributed by atoms with Gasteiger partial charge in [-0.15, -0.1) is 0 Å². The highest BCUT2D eigenvalue weighted by Gasteiger charge is 2.30. The lowest BCUT2D eigenvalue weighted by atomic mass is 10.1. The van der Waals surface area contributed by atoms with E-state index >= 15 is 0 Å². The molecule has 0 fully saturated rings. The van der Waals surface area contributed by atoms with E-state index in [1.807, 2.05) is 0 Å². The highest BCUT2D eigenvalue weighted by molar-refractivity contribution is 5.40. The van der Waals surface area contributed by atoms with Gasteiger partial charge in [0, 0.05) is 18.8 Å². The number of aromatic amines is 1. The molecule has 3 aromatic rings. The molecule has 0 radical (unpaired) electrons. The quantitative estimate of drug-likeness (QED) is 0.601. The molecule has 0 bridgehead atoms. The molecule has 136 valence electrons. The number of benzene rings is 1. The maximum Gasteiger partial charge on any atom is 0.416 e. The number of aromatic nitrogens is 4. The number of anilines is 1. The number of alkyl halides is 3. The third-order valence-electron chi connectivity index (χ3n) is 3.51. The maximum atomic E-state index is 12.7. The van der Waals surface area contributed by atoms with Crippen LogP contribution >= 0.6 is 0 Å². The fourth-order valence-corrected chi connectivity index (χ4v) is 2.33. The molecule has 7 nitrogen and oxygen atoms in total. The standard InChI is InChI=1S/C16H14F3N5O2/c17-16(18,19)11-4-1-3-10(7-11)8-13(25)22-12-9-20-15(23-14(12)26)24-6-2-5-21-24/h1-7,9,13,22,25H,8H2,(H,20,23,26). The molecule has 1 unspecified atom stereocenters. The number of H-pyrrole nitrogens is 1. The van der Waals surface area contributed by atoms with E-state index in [1.54, 1.807) is 12.3 Å². The number of aliphatic hydroxyl groups excluding tert-OH is 1. The fraction of sp³-hybridized carbons (Fsp3) is 0.188. The lowest BCUT2D eigenvalue weighted by molar-refractivity contribution is -0.137. The highest BCUT2D eigenvalue weighted by atomic mass is 19.4. The van der Waals surface area contributed by atoms with Crippen molar-refractivity contribution in [2.75, 3.05) is 5.32 Å². The monoisotopic (exact) mass is 365 g/mol. The van der Waals surface area contributed by atoms with E-state index in [0.717, 1.165) is 12.1 Å². The third kappa shape index (κ3) is 4.09. The van der Waals surface area contributed by atoms with Crippen LogP contribution < -0.4 is 10.9 Å². The van der Waals surface area contributed by atoms with Gasteiger partial charge in [0.2, 0.25) is 5.95 Å². The van der Waals surface area contributed by atoms with Crippen LogP contribution in [0.3, 0.4) is 0 Å². The summed E-state index contributed by atoms with van der Waals surface area (Å²) in [6, 6.07) is 6.28. The van der Waals surface area contributed by atoms with Crippen LogP contribution in [0.25, 0.3) is 5.95 Å². The summed E-state index contributed by atoms with van der Waals surface area (Å²) in [5.74, 6) is 0.193. The van der Waals surface area contributed by atoms with E-state index in [-0.39, 0.29) is 23.6 Å². The van der Waals surface area contributed by atoms with E-state index in [2.05, 4.69) is 20.4 Å². The summed E-state index contributed by atoms with van der Waals surface area (Å²) in [6.45, 7) is 0. The van der Waals surface area contributed by atoms with E-state index in [1.165, 1.54) is 29.2 Å². The van der Waals surface area contributed by atoms with Crippen molar-refractivity contribution in [1.82, 2.24) is 19.7 Å². The molecule has 0 amide bonds. The number of nitrogens with one attached hydrogen (secondary N) is 2. The highest BCUT2D eigenvalue weighted by Crippen LogP contribution is 2.29. The zero-order valence-electron chi connectivity index (χ0n) is 13.2. The second-order valence-electron chi connectivity index (χ2n) is 5.46. The van der Waals surface area contributed by atoms with Gasteiger partial charge in [-0.1, -0.05) is 18.2 Å². The molecule has 26 heavy (non-hydrogen) atoms. The van der Waals surface area contributed by atoms with Crippen molar-refractivity contribution in [3.63, 3.8) is 0 Å². The van der Waals surface area contributed by atoms with E-state index in [4.69, 9.17) is 0 Å². The summed E-state index contributed by atoms with van der Waals surface area (Å²) in [5.41, 5.74) is -1.09. The summed E-state index contributed by atoms with van der Waals surface area (Å²) in [4.78, 5) is 18.5. The van der Waals surface area contributed by atoms with Crippen LogP contribution in [-0.2, 0) is 12.6 Å². The van der Waals surface area contributed by atoms with Gasteiger partial charge in [0.1, 0.15) is 11.9 Å². The van der Waals surface area contributed by atoms with Gasteiger partial charge >= 0.3 is 6.18 Å². The summed E-state index contributed by atoms with van der Waals surface area (Å²) in [6.07, 6.45) is -1.52. The van der Waals surface area contributed by atoms with Crippen LogP contribution in [0.1, 0.15) is 11.1 Å². The average molecular weight is 365 g/mol. The van der Waals surface area contributed by atoms with Gasteiger partial charge in [-0.3, -0.25) is 9.78 Å². The van der Waals surface area contributed by atoms with Gasteiger partial charge in [-0.25, -0.2) is 9.67 Å². The first kappa shape index (κ1) is 17.7. The van der Waals surface area contributed by atoms with Gasteiger partial charge in [-0.05, 0) is 17.7 Å². The van der Waals surface area contributed by atoms with Crippen LogP contribution in [0.5, 0.6) is 0 Å². The first-order valence-electron chi connectivity index (χ1n) is 7.53. The second-order valence-corrected chi connectivity index (χ2v) is 5.46. The maximum absolute atomic E-state index is 12.7. The molecular weight excluding hydrogens is 351 g/mol. The van der Waals surface area contributed by atoms with Gasteiger partial charge in [-0.2, -0.15) is 18.3 Å². The van der Waals surface area contributed by atoms with Crippen molar-refractivity contribution < 1.29 is 18.3 Å². The molecule has 0 aliphatic carbocycles. The summed E-state index contributed by atoms with van der Waals surface area (Å²) in [7, 11) is 0. The van der Waals surface area contributed by atoms with Crippen molar-refractivity contribution in [3.05, 3.63) is 70.4 Å². The van der Waals surface area contributed by atoms with Crippen LogP contribution in [0.4, 0.5) is 18.9 Å².